The molecule has 160 valence electrons. The van der Waals surface area contributed by atoms with Crippen LogP contribution in [-0.2, 0) is 17.6 Å². The largest absolute Gasteiger partial charge is 0.481 e. The highest BCUT2D eigenvalue weighted by Crippen LogP contribution is 2.26. The number of piperazine rings is 1. The van der Waals surface area contributed by atoms with Crippen molar-refractivity contribution in [3.05, 3.63) is 53.6 Å². The van der Waals surface area contributed by atoms with Crippen molar-refractivity contribution in [3.8, 4) is 5.75 Å². The summed E-state index contributed by atoms with van der Waals surface area (Å²) in [7, 11) is 2.16. The summed E-state index contributed by atoms with van der Waals surface area (Å²) in [5.74, 6) is 0.700. The van der Waals surface area contributed by atoms with Crippen LogP contribution in [0.1, 0.15) is 37.3 Å². The number of ether oxygens (including phenoxy) is 1. The van der Waals surface area contributed by atoms with Gasteiger partial charge in [0.2, 0.25) is 0 Å². The SMILES string of the molecule is CCC(Oc1ccc2c(c1)CCCC2)C(=O)Nc1ccc(N2CCN(C)CC2)cc1. The first kappa shape index (κ1) is 20.7. The van der Waals surface area contributed by atoms with Gasteiger partial charge in [0, 0.05) is 37.6 Å². The molecule has 0 aromatic heterocycles. The van der Waals surface area contributed by atoms with Crippen LogP contribution in [0.4, 0.5) is 11.4 Å². The molecule has 0 spiro atoms. The molecule has 0 bridgehead atoms. The normalized spacial score (nSPS) is 17.9. The predicted molar refractivity (Wildman–Crippen MR) is 123 cm³/mol. The second-order valence-electron chi connectivity index (χ2n) is 8.48. The topological polar surface area (TPSA) is 44.8 Å². The molecule has 1 aliphatic heterocycles. The average molecular weight is 408 g/mol. The minimum Gasteiger partial charge on any atom is -0.481 e. The van der Waals surface area contributed by atoms with Crippen molar-refractivity contribution in [1.82, 2.24) is 4.90 Å². The lowest BCUT2D eigenvalue weighted by atomic mass is 9.92. The zero-order chi connectivity index (χ0) is 20.9. The zero-order valence-electron chi connectivity index (χ0n) is 18.2. The van der Waals surface area contributed by atoms with Crippen LogP contribution in [0.15, 0.2) is 42.5 Å². The molecule has 1 saturated heterocycles. The molecular weight excluding hydrogens is 374 g/mol. The summed E-state index contributed by atoms with van der Waals surface area (Å²) < 4.78 is 6.07. The lowest BCUT2D eigenvalue weighted by Gasteiger charge is -2.34. The number of likely N-dealkylation sites (N-methyl/N-ethyl adjacent to an activating group) is 1. The lowest BCUT2D eigenvalue weighted by Crippen LogP contribution is -2.44. The van der Waals surface area contributed by atoms with E-state index < -0.39 is 6.10 Å². The van der Waals surface area contributed by atoms with Crippen molar-refractivity contribution in [1.29, 1.82) is 0 Å². The molecule has 1 N–H and O–H groups in total. The Labute approximate surface area is 180 Å². The fraction of sp³-hybridized carbons (Fsp3) is 0.480. The molecule has 2 aromatic carbocycles. The highest BCUT2D eigenvalue weighted by atomic mass is 16.5. The number of nitrogens with zero attached hydrogens (tertiary/aromatic N) is 2. The number of rotatable bonds is 6. The summed E-state index contributed by atoms with van der Waals surface area (Å²) >= 11 is 0. The van der Waals surface area contributed by atoms with Gasteiger partial charge in [0.05, 0.1) is 0 Å². The maximum absolute atomic E-state index is 12.8. The van der Waals surface area contributed by atoms with Crippen LogP contribution in [0, 0.1) is 0 Å². The number of hydrogen-bond donors (Lipinski definition) is 1. The molecule has 5 heteroatoms. The van der Waals surface area contributed by atoms with Crippen molar-refractivity contribution in [2.75, 3.05) is 43.4 Å². The van der Waals surface area contributed by atoms with Crippen LogP contribution < -0.4 is 15.0 Å². The first-order chi connectivity index (χ1) is 14.6. The van der Waals surface area contributed by atoms with Crippen LogP contribution in [0.5, 0.6) is 5.75 Å². The Morgan fingerprint density at radius 3 is 2.40 bits per heavy atom. The zero-order valence-corrected chi connectivity index (χ0v) is 18.2. The van der Waals surface area contributed by atoms with Crippen LogP contribution in [-0.4, -0.2) is 50.1 Å². The number of aryl methyl sites for hydroxylation is 2. The average Bonchev–Trinajstić information content (AvgIpc) is 2.78. The van der Waals surface area contributed by atoms with E-state index in [2.05, 4.69) is 46.4 Å². The number of carbonyl (C=O) groups is 1. The molecule has 0 radical (unpaired) electrons. The lowest BCUT2D eigenvalue weighted by molar-refractivity contribution is -0.122. The fourth-order valence-electron chi connectivity index (χ4n) is 4.31. The molecular formula is C25H33N3O2. The highest BCUT2D eigenvalue weighted by molar-refractivity contribution is 5.94. The second kappa shape index (κ2) is 9.52. The molecule has 30 heavy (non-hydrogen) atoms. The Balaban J connectivity index is 1.36. The monoisotopic (exact) mass is 407 g/mol. The smallest absolute Gasteiger partial charge is 0.265 e. The Kier molecular flexibility index (Phi) is 6.58. The summed E-state index contributed by atoms with van der Waals surface area (Å²) in [6.07, 6.45) is 4.89. The molecule has 1 unspecified atom stereocenters. The van der Waals surface area contributed by atoms with Crippen molar-refractivity contribution in [2.45, 2.75) is 45.1 Å². The third-order valence-corrected chi connectivity index (χ3v) is 6.26. The molecule has 5 nitrogen and oxygen atoms in total. The van der Waals surface area contributed by atoms with Gasteiger partial charge in [-0.3, -0.25) is 4.79 Å². The Morgan fingerprint density at radius 1 is 1.00 bits per heavy atom. The van der Waals surface area contributed by atoms with Gasteiger partial charge in [0.25, 0.3) is 5.91 Å². The van der Waals surface area contributed by atoms with E-state index in [1.54, 1.807) is 0 Å². The van der Waals surface area contributed by atoms with E-state index in [9.17, 15) is 4.79 Å². The third-order valence-electron chi connectivity index (χ3n) is 6.26. The summed E-state index contributed by atoms with van der Waals surface area (Å²) in [6.45, 7) is 6.22. The Bertz CT molecular complexity index is 857. The van der Waals surface area contributed by atoms with Gasteiger partial charge in [-0.25, -0.2) is 0 Å². The third kappa shape index (κ3) is 4.96. The van der Waals surface area contributed by atoms with Crippen molar-refractivity contribution >= 4 is 17.3 Å². The number of benzene rings is 2. The molecule has 1 fully saturated rings. The summed E-state index contributed by atoms with van der Waals surface area (Å²) in [5.41, 5.74) is 4.81. The first-order valence-electron chi connectivity index (χ1n) is 11.3. The minimum absolute atomic E-state index is 0.0948. The van der Waals surface area contributed by atoms with Crippen LogP contribution in [0.2, 0.25) is 0 Å². The summed E-state index contributed by atoms with van der Waals surface area (Å²) in [6, 6.07) is 14.4. The van der Waals surface area contributed by atoms with Gasteiger partial charge >= 0.3 is 0 Å². The van der Waals surface area contributed by atoms with Gasteiger partial charge in [-0.15, -0.1) is 0 Å². The molecule has 1 aliphatic carbocycles. The van der Waals surface area contributed by atoms with E-state index in [1.165, 1.54) is 29.7 Å². The van der Waals surface area contributed by atoms with E-state index in [0.29, 0.717) is 6.42 Å². The number of nitrogens with one attached hydrogen (secondary N) is 1. The van der Waals surface area contributed by atoms with Crippen LogP contribution >= 0.6 is 0 Å². The van der Waals surface area contributed by atoms with Crippen molar-refractivity contribution in [3.63, 3.8) is 0 Å². The van der Waals surface area contributed by atoms with Gasteiger partial charge in [-0.2, -0.15) is 0 Å². The highest BCUT2D eigenvalue weighted by Gasteiger charge is 2.20. The summed E-state index contributed by atoms with van der Waals surface area (Å²) in [5, 5.41) is 3.02. The van der Waals surface area contributed by atoms with Gasteiger partial charge < -0.3 is 19.9 Å². The second-order valence-corrected chi connectivity index (χ2v) is 8.48. The minimum atomic E-state index is -0.496. The molecule has 4 rings (SSSR count). The number of carbonyl (C=O) groups excluding carboxylic acids is 1. The van der Waals surface area contributed by atoms with E-state index in [-0.39, 0.29) is 5.91 Å². The van der Waals surface area contributed by atoms with Gasteiger partial charge in [0.1, 0.15) is 5.75 Å². The Morgan fingerprint density at radius 2 is 1.70 bits per heavy atom. The molecule has 2 aromatic rings. The van der Waals surface area contributed by atoms with E-state index in [0.717, 1.165) is 50.5 Å². The maximum Gasteiger partial charge on any atom is 0.265 e. The predicted octanol–water partition coefficient (Wildman–Crippen LogP) is 4.11. The van der Waals surface area contributed by atoms with E-state index in [1.807, 2.05) is 25.1 Å². The number of amides is 1. The van der Waals surface area contributed by atoms with Crippen molar-refractivity contribution < 1.29 is 9.53 Å². The quantitative estimate of drug-likeness (QED) is 0.783. The molecule has 2 aliphatic rings. The first-order valence-corrected chi connectivity index (χ1v) is 11.3. The summed E-state index contributed by atoms with van der Waals surface area (Å²) in [4.78, 5) is 17.5. The molecule has 1 amide bonds. The number of hydrogen-bond acceptors (Lipinski definition) is 4. The van der Waals surface area contributed by atoms with Crippen LogP contribution in [0.25, 0.3) is 0 Å². The van der Waals surface area contributed by atoms with Crippen LogP contribution in [0.3, 0.4) is 0 Å². The van der Waals surface area contributed by atoms with Gasteiger partial charge in [-0.1, -0.05) is 13.0 Å². The fourth-order valence-corrected chi connectivity index (χ4v) is 4.31. The Hall–Kier alpha value is -2.53. The standard InChI is InChI=1S/C25H33N3O2/c1-3-24(30-23-13-8-19-6-4-5-7-20(19)18-23)25(29)26-21-9-11-22(12-10-21)28-16-14-27(2)15-17-28/h8-13,18,24H,3-7,14-17H2,1-2H3,(H,26,29). The number of fused-ring (bicyclic) bond motifs is 1. The van der Waals surface area contributed by atoms with Crippen molar-refractivity contribution in [2.24, 2.45) is 0 Å². The number of anilines is 2. The van der Waals surface area contributed by atoms with E-state index in [4.69, 9.17) is 4.74 Å². The molecule has 1 heterocycles. The van der Waals surface area contributed by atoms with E-state index >= 15 is 0 Å². The molecule has 0 saturated carbocycles. The molecule has 1 atom stereocenters. The van der Waals surface area contributed by atoms with Gasteiger partial charge in [-0.05, 0) is 86.7 Å². The van der Waals surface area contributed by atoms with Gasteiger partial charge in [0.15, 0.2) is 6.10 Å². The maximum atomic E-state index is 12.8.